The summed E-state index contributed by atoms with van der Waals surface area (Å²) in [6.07, 6.45) is 7.20. The highest BCUT2D eigenvalue weighted by Crippen LogP contribution is 2.26. The van der Waals surface area contributed by atoms with Crippen molar-refractivity contribution >= 4 is 11.9 Å². The van der Waals surface area contributed by atoms with Gasteiger partial charge in [-0.05, 0) is 13.1 Å². The monoisotopic (exact) mass is 337 g/mol. The van der Waals surface area contributed by atoms with E-state index < -0.39 is 17.5 Å². The predicted octanol–water partition coefficient (Wildman–Crippen LogP) is 1.60. The molecule has 0 atom stereocenters. The summed E-state index contributed by atoms with van der Waals surface area (Å²) in [6.45, 7) is 2.07. The van der Waals surface area contributed by atoms with Crippen molar-refractivity contribution < 1.29 is 28.9 Å². The maximum atomic E-state index is 13.5. The van der Waals surface area contributed by atoms with Gasteiger partial charge in [-0.2, -0.15) is 0 Å². The van der Waals surface area contributed by atoms with Crippen LogP contribution in [0.3, 0.4) is 0 Å². The normalized spacial score (nSPS) is 16.4. The van der Waals surface area contributed by atoms with Gasteiger partial charge >= 0.3 is 11.9 Å². The van der Waals surface area contributed by atoms with Gasteiger partial charge in [0.2, 0.25) is 0 Å². The van der Waals surface area contributed by atoms with E-state index in [0.717, 1.165) is 25.9 Å². The Hall–Kier alpha value is -2.43. The minimum atomic E-state index is -1.82. The zero-order valence-corrected chi connectivity index (χ0v) is 13.4. The van der Waals surface area contributed by atoms with Crippen molar-refractivity contribution in [3.63, 3.8) is 0 Å². The number of hydrogen-bond donors (Lipinski definition) is 2. The number of aliphatic carboxylic acids is 2. The standard InChI is InChI=1S/C15H18FNO.C2H2O4/c1-3-15(8-10-17(2)11-9-15)18-12-13-6-4-5-7-14(13)16;3-1(4)2(5)6/h1,4-7H,8-12H2,2H3;(H,3,4)(H,5,6). The number of halogens is 1. The Bertz CT molecular complexity index is 606. The van der Waals surface area contributed by atoms with E-state index in [1.54, 1.807) is 18.2 Å². The van der Waals surface area contributed by atoms with Gasteiger partial charge in [0.15, 0.2) is 0 Å². The molecule has 0 bridgehead atoms. The van der Waals surface area contributed by atoms with Crippen molar-refractivity contribution in [1.82, 2.24) is 4.90 Å². The van der Waals surface area contributed by atoms with Gasteiger partial charge in [-0.25, -0.2) is 14.0 Å². The van der Waals surface area contributed by atoms with Gasteiger partial charge in [-0.3, -0.25) is 0 Å². The first kappa shape index (κ1) is 19.6. The molecule has 0 aromatic heterocycles. The first-order valence-corrected chi connectivity index (χ1v) is 7.29. The number of terminal acetylenes is 1. The molecule has 6 nitrogen and oxygen atoms in total. The van der Waals surface area contributed by atoms with Crippen molar-refractivity contribution in [3.8, 4) is 12.3 Å². The molecule has 1 aliphatic heterocycles. The molecule has 0 saturated carbocycles. The fraction of sp³-hybridized carbons (Fsp3) is 0.412. The van der Waals surface area contributed by atoms with E-state index in [1.165, 1.54) is 6.07 Å². The molecule has 7 heteroatoms. The van der Waals surface area contributed by atoms with Crippen LogP contribution in [0, 0.1) is 18.2 Å². The topological polar surface area (TPSA) is 87.1 Å². The van der Waals surface area contributed by atoms with Crippen molar-refractivity contribution in [2.24, 2.45) is 0 Å². The summed E-state index contributed by atoms with van der Waals surface area (Å²) < 4.78 is 19.3. The van der Waals surface area contributed by atoms with Crippen LogP contribution in [0.15, 0.2) is 24.3 Å². The van der Waals surface area contributed by atoms with Crippen LogP contribution < -0.4 is 0 Å². The summed E-state index contributed by atoms with van der Waals surface area (Å²) in [5, 5.41) is 14.8. The second-order valence-corrected chi connectivity index (χ2v) is 5.43. The number of nitrogens with zero attached hydrogens (tertiary/aromatic N) is 1. The summed E-state index contributed by atoms with van der Waals surface area (Å²) in [5.41, 5.74) is 0.0282. The molecule has 1 saturated heterocycles. The lowest BCUT2D eigenvalue weighted by atomic mass is 9.92. The number of rotatable bonds is 3. The molecule has 0 aliphatic carbocycles. The van der Waals surface area contributed by atoms with Crippen LogP contribution in [0.4, 0.5) is 4.39 Å². The molecular formula is C17H20FNO5. The fourth-order valence-corrected chi connectivity index (χ4v) is 2.14. The quantitative estimate of drug-likeness (QED) is 0.643. The van der Waals surface area contributed by atoms with Crippen molar-refractivity contribution in [1.29, 1.82) is 0 Å². The summed E-state index contributed by atoms with van der Waals surface area (Å²) in [6, 6.07) is 6.65. The summed E-state index contributed by atoms with van der Waals surface area (Å²) in [4.78, 5) is 20.4. The Balaban J connectivity index is 0.000000413. The van der Waals surface area contributed by atoms with E-state index in [9.17, 15) is 4.39 Å². The third-order valence-electron chi connectivity index (χ3n) is 3.70. The first-order chi connectivity index (χ1) is 11.3. The third kappa shape index (κ3) is 5.99. The van der Waals surface area contributed by atoms with Crippen LogP contribution >= 0.6 is 0 Å². The van der Waals surface area contributed by atoms with E-state index in [1.807, 2.05) is 0 Å². The zero-order chi connectivity index (χ0) is 18.2. The van der Waals surface area contributed by atoms with Crippen LogP contribution in [0.25, 0.3) is 0 Å². The molecule has 24 heavy (non-hydrogen) atoms. The lowest BCUT2D eigenvalue weighted by Crippen LogP contribution is -2.43. The van der Waals surface area contributed by atoms with E-state index in [0.29, 0.717) is 5.56 Å². The number of benzene rings is 1. The molecule has 1 fully saturated rings. The maximum absolute atomic E-state index is 13.5. The van der Waals surface area contributed by atoms with Crippen LogP contribution in [0.1, 0.15) is 18.4 Å². The number of piperidine rings is 1. The van der Waals surface area contributed by atoms with Crippen LogP contribution in [0.5, 0.6) is 0 Å². The van der Waals surface area contributed by atoms with Gasteiger partial charge in [0.25, 0.3) is 0 Å². The van der Waals surface area contributed by atoms with Crippen LogP contribution in [-0.2, 0) is 20.9 Å². The average Bonchev–Trinajstić information content (AvgIpc) is 2.56. The summed E-state index contributed by atoms with van der Waals surface area (Å²) in [7, 11) is 2.07. The zero-order valence-electron chi connectivity index (χ0n) is 13.4. The lowest BCUT2D eigenvalue weighted by Gasteiger charge is -2.36. The maximum Gasteiger partial charge on any atom is 0.414 e. The van der Waals surface area contributed by atoms with Gasteiger partial charge < -0.3 is 19.8 Å². The molecule has 1 heterocycles. The Morgan fingerprint density at radius 3 is 2.29 bits per heavy atom. The van der Waals surface area contributed by atoms with E-state index in [-0.39, 0.29) is 12.4 Å². The highest BCUT2D eigenvalue weighted by Gasteiger charge is 2.32. The summed E-state index contributed by atoms with van der Waals surface area (Å²) >= 11 is 0. The Morgan fingerprint density at radius 1 is 1.29 bits per heavy atom. The minimum Gasteiger partial charge on any atom is -0.473 e. The van der Waals surface area contributed by atoms with Crippen molar-refractivity contribution in [2.45, 2.75) is 25.0 Å². The number of carbonyl (C=O) groups is 2. The predicted molar refractivity (Wildman–Crippen MR) is 84.8 cm³/mol. The van der Waals surface area contributed by atoms with Gasteiger partial charge in [-0.1, -0.05) is 24.1 Å². The number of hydrogen-bond acceptors (Lipinski definition) is 4. The molecule has 0 radical (unpaired) electrons. The minimum absolute atomic E-state index is 0.237. The number of ether oxygens (including phenoxy) is 1. The lowest BCUT2D eigenvalue weighted by molar-refractivity contribution is -0.159. The molecule has 0 amide bonds. The second kappa shape index (κ2) is 9.01. The first-order valence-electron chi connectivity index (χ1n) is 7.29. The molecule has 2 N–H and O–H groups in total. The molecule has 2 rings (SSSR count). The van der Waals surface area contributed by atoms with Crippen molar-refractivity contribution in [3.05, 3.63) is 35.6 Å². The average molecular weight is 337 g/mol. The summed E-state index contributed by atoms with van der Waals surface area (Å²) in [5.74, 6) is -1.13. The highest BCUT2D eigenvalue weighted by atomic mass is 19.1. The number of carboxylic acids is 2. The molecule has 1 aromatic carbocycles. The highest BCUT2D eigenvalue weighted by molar-refractivity contribution is 6.27. The largest absolute Gasteiger partial charge is 0.473 e. The SMILES string of the molecule is C#CC1(OCc2ccccc2F)CCN(C)CC1.O=C(O)C(=O)O. The van der Waals surface area contributed by atoms with E-state index in [4.69, 9.17) is 31.0 Å². The molecule has 1 aromatic rings. The fourth-order valence-electron chi connectivity index (χ4n) is 2.14. The van der Waals surface area contributed by atoms with Gasteiger partial charge in [-0.15, -0.1) is 6.42 Å². The van der Waals surface area contributed by atoms with Gasteiger partial charge in [0, 0.05) is 31.5 Å². The number of likely N-dealkylation sites (tertiary alicyclic amines) is 1. The number of carboxylic acid groups (broad SMARTS) is 2. The van der Waals surface area contributed by atoms with Crippen molar-refractivity contribution in [2.75, 3.05) is 20.1 Å². The molecule has 130 valence electrons. The Kier molecular flexibility index (Phi) is 7.36. The molecule has 0 unspecified atom stereocenters. The van der Waals surface area contributed by atoms with Crippen LogP contribution in [0.2, 0.25) is 0 Å². The van der Waals surface area contributed by atoms with Gasteiger partial charge in [0.05, 0.1) is 6.61 Å². The second-order valence-electron chi connectivity index (χ2n) is 5.43. The Labute approximate surface area is 139 Å². The third-order valence-corrected chi connectivity index (χ3v) is 3.70. The van der Waals surface area contributed by atoms with Gasteiger partial charge in [0.1, 0.15) is 11.4 Å². The molecule has 1 aliphatic rings. The smallest absolute Gasteiger partial charge is 0.414 e. The molecule has 0 spiro atoms. The van der Waals surface area contributed by atoms with E-state index in [2.05, 4.69) is 17.9 Å². The molecular weight excluding hydrogens is 317 g/mol. The van der Waals surface area contributed by atoms with Crippen LogP contribution in [-0.4, -0.2) is 52.8 Å². The van der Waals surface area contributed by atoms with E-state index >= 15 is 0 Å². The Morgan fingerprint density at radius 2 is 1.83 bits per heavy atom.